The van der Waals surface area contributed by atoms with Gasteiger partial charge in [-0.25, -0.2) is 0 Å². The highest BCUT2D eigenvalue weighted by molar-refractivity contribution is 7.99. The molecule has 0 saturated carbocycles. The first-order valence-corrected chi connectivity index (χ1v) is 8.11. The van der Waals surface area contributed by atoms with E-state index in [0.29, 0.717) is 6.04 Å². The van der Waals surface area contributed by atoms with E-state index >= 15 is 0 Å². The number of hydrogen-bond acceptors (Lipinski definition) is 2. The number of hydrogen-bond donors (Lipinski definition) is 1. The monoisotopic (exact) mass is 275 g/mol. The molecule has 0 amide bonds. The van der Waals surface area contributed by atoms with Crippen molar-refractivity contribution in [2.75, 3.05) is 12.3 Å². The van der Waals surface area contributed by atoms with Crippen molar-refractivity contribution in [1.29, 1.82) is 0 Å². The van der Waals surface area contributed by atoms with E-state index in [1.807, 2.05) is 11.8 Å². The largest absolute Gasteiger partial charge is 0.313 e. The van der Waals surface area contributed by atoms with Crippen LogP contribution in [-0.2, 0) is 0 Å². The lowest BCUT2D eigenvalue weighted by Gasteiger charge is -2.17. The maximum atomic E-state index is 5.32. The second kappa shape index (κ2) is 9.95. The third-order valence-electron chi connectivity index (χ3n) is 3.03. The summed E-state index contributed by atoms with van der Waals surface area (Å²) >= 11 is 1.93. The summed E-state index contributed by atoms with van der Waals surface area (Å²) in [5.74, 6) is 3.84. The Labute approximate surface area is 122 Å². The Balaban J connectivity index is 2.38. The number of unbranched alkanes of at least 4 members (excludes halogenated alkanes) is 1. The van der Waals surface area contributed by atoms with Gasteiger partial charge >= 0.3 is 0 Å². The van der Waals surface area contributed by atoms with Crippen LogP contribution in [-0.4, -0.2) is 18.3 Å². The molecular formula is C17H25NS. The first kappa shape index (κ1) is 16.1. The first-order chi connectivity index (χ1) is 9.26. The molecule has 104 valence electrons. The molecule has 0 aromatic heterocycles. The number of rotatable bonds is 9. The summed E-state index contributed by atoms with van der Waals surface area (Å²) in [7, 11) is 0. The predicted octanol–water partition coefficient (Wildman–Crippen LogP) is 4.26. The third-order valence-corrected chi connectivity index (χ3v) is 4.20. The summed E-state index contributed by atoms with van der Waals surface area (Å²) in [5, 5.41) is 3.62. The van der Waals surface area contributed by atoms with Crippen LogP contribution < -0.4 is 5.32 Å². The molecule has 0 bridgehead atoms. The van der Waals surface area contributed by atoms with Crippen LogP contribution >= 0.6 is 11.8 Å². The average Bonchev–Trinajstić information content (AvgIpc) is 2.43. The minimum absolute atomic E-state index is 0.569. The lowest BCUT2D eigenvalue weighted by Crippen LogP contribution is -2.31. The van der Waals surface area contributed by atoms with E-state index in [1.165, 1.54) is 23.3 Å². The third kappa shape index (κ3) is 7.30. The predicted molar refractivity (Wildman–Crippen MR) is 86.7 cm³/mol. The van der Waals surface area contributed by atoms with Gasteiger partial charge in [0, 0.05) is 23.1 Å². The van der Waals surface area contributed by atoms with Gasteiger partial charge in [-0.3, -0.25) is 0 Å². The summed E-state index contributed by atoms with van der Waals surface area (Å²) in [6.07, 6.45) is 9.68. The fourth-order valence-electron chi connectivity index (χ4n) is 1.87. The van der Waals surface area contributed by atoms with Crippen molar-refractivity contribution >= 4 is 11.8 Å². The molecule has 1 rings (SSSR count). The highest BCUT2D eigenvalue weighted by Crippen LogP contribution is 2.20. The van der Waals surface area contributed by atoms with E-state index in [-0.39, 0.29) is 0 Å². The quantitative estimate of drug-likeness (QED) is 0.410. The first-order valence-electron chi connectivity index (χ1n) is 7.12. The Bertz CT molecular complexity index is 377. The maximum Gasteiger partial charge on any atom is 0.0162 e. The molecule has 0 fully saturated rings. The Morgan fingerprint density at radius 2 is 2.05 bits per heavy atom. The number of terminal acetylenes is 1. The Morgan fingerprint density at radius 3 is 2.68 bits per heavy atom. The van der Waals surface area contributed by atoms with Crippen molar-refractivity contribution in [1.82, 2.24) is 5.32 Å². The minimum atomic E-state index is 0.569. The molecule has 1 unspecified atom stereocenters. The molecule has 0 heterocycles. The van der Waals surface area contributed by atoms with Crippen LogP contribution in [0.1, 0.15) is 38.2 Å². The Morgan fingerprint density at radius 1 is 1.32 bits per heavy atom. The summed E-state index contributed by atoms with van der Waals surface area (Å²) in [4.78, 5) is 1.35. The second-order valence-electron chi connectivity index (χ2n) is 4.87. The van der Waals surface area contributed by atoms with Gasteiger partial charge < -0.3 is 5.32 Å². The van der Waals surface area contributed by atoms with Gasteiger partial charge in [-0.15, -0.1) is 24.1 Å². The van der Waals surface area contributed by atoms with Gasteiger partial charge in [-0.2, -0.15) is 0 Å². The molecule has 1 atom stereocenters. The van der Waals surface area contributed by atoms with E-state index in [2.05, 4.69) is 49.4 Å². The van der Waals surface area contributed by atoms with E-state index < -0.39 is 0 Å². The number of thioether (sulfide) groups is 1. The van der Waals surface area contributed by atoms with Gasteiger partial charge in [-0.1, -0.05) is 24.6 Å². The molecule has 1 nitrogen and oxygen atoms in total. The molecular weight excluding hydrogens is 250 g/mol. The molecule has 0 aliphatic carbocycles. The van der Waals surface area contributed by atoms with Crippen LogP contribution in [0, 0.1) is 19.3 Å². The van der Waals surface area contributed by atoms with Crippen molar-refractivity contribution in [2.24, 2.45) is 0 Å². The van der Waals surface area contributed by atoms with Gasteiger partial charge in [0.1, 0.15) is 0 Å². The topological polar surface area (TPSA) is 12.0 Å². The van der Waals surface area contributed by atoms with Gasteiger partial charge in [0.25, 0.3) is 0 Å². The van der Waals surface area contributed by atoms with Gasteiger partial charge in [0.15, 0.2) is 0 Å². The van der Waals surface area contributed by atoms with Crippen LogP contribution in [0.5, 0.6) is 0 Å². The highest BCUT2D eigenvalue weighted by Gasteiger charge is 2.07. The van der Waals surface area contributed by atoms with Crippen LogP contribution in [0.2, 0.25) is 0 Å². The minimum Gasteiger partial charge on any atom is -0.313 e. The zero-order valence-corrected chi connectivity index (χ0v) is 12.9. The zero-order chi connectivity index (χ0) is 13.9. The van der Waals surface area contributed by atoms with E-state index in [4.69, 9.17) is 6.42 Å². The molecule has 0 aliphatic rings. The van der Waals surface area contributed by atoms with Gasteiger partial charge in [-0.05, 0) is 44.9 Å². The Hall–Kier alpha value is -0.910. The van der Waals surface area contributed by atoms with E-state index in [0.717, 1.165) is 25.1 Å². The van der Waals surface area contributed by atoms with Crippen molar-refractivity contribution < 1.29 is 0 Å². The molecule has 2 heteroatoms. The fourth-order valence-corrected chi connectivity index (χ4v) is 2.88. The van der Waals surface area contributed by atoms with Crippen molar-refractivity contribution in [3.8, 4) is 12.3 Å². The van der Waals surface area contributed by atoms with Gasteiger partial charge in [0.2, 0.25) is 0 Å². The maximum absolute atomic E-state index is 5.32. The van der Waals surface area contributed by atoms with Gasteiger partial charge in [0.05, 0.1) is 0 Å². The highest BCUT2D eigenvalue weighted by atomic mass is 32.2. The van der Waals surface area contributed by atoms with Crippen LogP contribution in [0.4, 0.5) is 0 Å². The molecule has 0 spiro atoms. The molecule has 0 saturated heterocycles. The summed E-state index contributed by atoms with van der Waals surface area (Å²) in [6.45, 7) is 5.42. The van der Waals surface area contributed by atoms with E-state index in [9.17, 15) is 0 Å². The normalized spacial score (nSPS) is 12.1. The fraction of sp³-hybridized carbons (Fsp3) is 0.529. The standard InChI is InChI=1S/C17H25NS/c1-4-6-7-8-16(18-13-5-2)14-19-17-11-9-15(3)10-12-17/h1,9-12,16,18H,5-8,13-14H2,2-3H3. The molecule has 1 N–H and O–H groups in total. The smallest absolute Gasteiger partial charge is 0.0162 e. The Kier molecular flexibility index (Phi) is 8.45. The summed E-state index contributed by atoms with van der Waals surface area (Å²) in [6, 6.07) is 9.33. The van der Waals surface area contributed by atoms with E-state index in [1.54, 1.807) is 0 Å². The molecule has 0 radical (unpaired) electrons. The average molecular weight is 275 g/mol. The molecule has 0 aliphatic heterocycles. The van der Waals surface area contributed by atoms with Crippen LogP contribution in [0.15, 0.2) is 29.2 Å². The molecule has 1 aromatic carbocycles. The van der Waals surface area contributed by atoms with Crippen LogP contribution in [0.3, 0.4) is 0 Å². The summed E-state index contributed by atoms with van der Waals surface area (Å²) in [5.41, 5.74) is 1.32. The summed E-state index contributed by atoms with van der Waals surface area (Å²) < 4.78 is 0. The lowest BCUT2D eigenvalue weighted by molar-refractivity contribution is 0.508. The number of aryl methyl sites for hydroxylation is 1. The molecule has 1 aromatic rings. The number of nitrogens with one attached hydrogen (secondary N) is 1. The second-order valence-corrected chi connectivity index (χ2v) is 5.96. The number of benzene rings is 1. The van der Waals surface area contributed by atoms with Crippen LogP contribution in [0.25, 0.3) is 0 Å². The lowest BCUT2D eigenvalue weighted by atomic mass is 10.1. The molecule has 19 heavy (non-hydrogen) atoms. The zero-order valence-electron chi connectivity index (χ0n) is 12.1. The van der Waals surface area contributed by atoms with Crippen molar-refractivity contribution in [3.63, 3.8) is 0 Å². The van der Waals surface area contributed by atoms with Crippen molar-refractivity contribution in [3.05, 3.63) is 29.8 Å². The van der Waals surface area contributed by atoms with Crippen molar-refractivity contribution in [2.45, 2.75) is 50.5 Å². The SMILES string of the molecule is C#CCCCC(CSc1ccc(C)cc1)NCCC.